The van der Waals surface area contributed by atoms with E-state index in [2.05, 4.69) is 16.3 Å². The number of carbonyl (C=O) groups is 1. The van der Waals surface area contributed by atoms with Crippen LogP contribution in [0.3, 0.4) is 0 Å². The summed E-state index contributed by atoms with van der Waals surface area (Å²) in [4.78, 5) is 11.8. The molecule has 1 unspecified atom stereocenters. The Labute approximate surface area is 89.7 Å². The molecule has 1 rings (SSSR count). The summed E-state index contributed by atoms with van der Waals surface area (Å²) in [6.07, 6.45) is 5.19. The van der Waals surface area contributed by atoms with Gasteiger partial charge in [0, 0.05) is 12.7 Å². The van der Waals surface area contributed by atoms with Crippen molar-refractivity contribution in [1.82, 2.24) is 15.1 Å². The summed E-state index contributed by atoms with van der Waals surface area (Å²) in [6.45, 7) is 5.43. The van der Waals surface area contributed by atoms with Crippen molar-refractivity contribution in [3.05, 3.63) is 17.0 Å². The Bertz CT molecular complexity index is 426. The van der Waals surface area contributed by atoms with E-state index in [0.29, 0.717) is 5.56 Å². The summed E-state index contributed by atoms with van der Waals surface area (Å²) >= 11 is 0. The van der Waals surface area contributed by atoms with Gasteiger partial charge in [-0.1, -0.05) is 5.92 Å². The lowest BCUT2D eigenvalue weighted by Gasteiger charge is -2.07. The SMILES string of the molecule is C#CC(C)NC(=O)c1c(C)nn(C)c1C. The first-order chi connectivity index (χ1) is 6.97. The Balaban J connectivity index is 2.97. The highest BCUT2D eigenvalue weighted by Crippen LogP contribution is 2.11. The summed E-state index contributed by atoms with van der Waals surface area (Å²) in [5, 5.41) is 6.88. The van der Waals surface area contributed by atoms with E-state index in [1.807, 2.05) is 20.9 Å². The van der Waals surface area contributed by atoms with Gasteiger partial charge in [-0.15, -0.1) is 6.42 Å². The molecule has 1 heterocycles. The van der Waals surface area contributed by atoms with Crippen LogP contribution >= 0.6 is 0 Å². The van der Waals surface area contributed by atoms with Crippen LogP contribution < -0.4 is 5.32 Å². The van der Waals surface area contributed by atoms with Crippen molar-refractivity contribution in [2.75, 3.05) is 0 Å². The number of hydrogen-bond acceptors (Lipinski definition) is 2. The highest BCUT2D eigenvalue weighted by atomic mass is 16.1. The highest BCUT2D eigenvalue weighted by molar-refractivity contribution is 5.96. The quantitative estimate of drug-likeness (QED) is 0.725. The number of nitrogens with zero attached hydrogens (tertiary/aromatic N) is 2. The van der Waals surface area contributed by atoms with Crippen LogP contribution in [-0.2, 0) is 7.05 Å². The average Bonchev–Trinajstić information content (AvgIpc) is 2.41. The molecule has 4 nitrogen and oxygen atoms in total. The standard InChI is InChI=1S/C11H15N3O/c1-6-7(2)12-11(15)10-8(3)13-14(5)9(10)4/h1,7H,2-5H3,(H,12,15). The van der Waals surface area contributed by atoms with Gasteiger partial charge in [0.1, 0.15) is 0 Å². The number of terminal acetylenes is 1. The molecule has 1 N–H and O–H groups in total. The van der Waals surface area contributed by atoms with E-state index in [1.54, 1.807) is 11.6 Å². The molecule has 0 radical (unpaired) electrons. The monoisotopic (exact) mass is 205 g/mol. The Morgan fingerprint density at radius 2 is 2.20 bits per heavy atom. The molecule has 15 heavy (non-hydrogen) atoms. The summed E-state index contributed by atoms with van der Waals surface area (Å²) in [7, 11) is 1.81. The van der Waals surface area contributed by atoms with E-state index in [0.717, 1.165) is 11.4 Å². The third-order valence-corrected chi connectivity index (χ3v) is 2.33. The summed E-state index contributed by atoms with van der Waals surface area (Å²) in [5.41, 5.74) is 2.17. The molecule has 0 aliphatic heterocycles. The minimum Gasteiger partial charge on any atom is -0.339 e. The maximum Gasteiger partial charge on any atom is 0.255 e. The Morgan fingerprint density at radius 3 is 2.60 bits per heavy atom. The fourth-order valence-electron chi connectivity index (χ4n) is 1.41. The van der Waals surface area contributed by atoms with Crippen LogP contribution in [0.2, 0.25) is 0 Å². The third-order valence-electron chi connectivity index (χ3n) is 2.33. The number of nitrogens with one attached hydrogen (secondary N) is 1. The molecule has 0 saturated heterocycles. The van der Waals surface area contributed by atoms with Gasteiger partial charge in [0.05, 0.1) is 17.3 Å². The van der Waals surface area contributed by atoms with Crippen LogP contribution in [0, 0.1) is 26.2 Å². The van der Waals surface area contributed by atoms with Crippen LogP contribution in [0.1, 0.15) is 28.7 Å². The van der Waals surface area contributed by atoms with Gasteiger partial charge in [-0.25, -0.2) is 0 Å². The molecule has 4 heteroatoms. The number of aryl methyl sites for hydroxylation is 2. The number of rotatable bonds is 2. The molecule has 0 spiro atoms. The molecule has 1 amide bonds. The molecule has 1 aromatic heterocycles. The number of aromatic nitrogens is 2. The van der Waals surface area contributed by atoms with Crippen LogP contribution in [-0.4, -0.2) is 21.7 Å². The van der Waals surface area contributed by atoms with Gasteiger partial charge in [0.15, 0.2) is 0 Å². The van der Waals surface area contributed by atoms with Crippen molar-refractivity contribution in [2.45, 2.75) is 26.8 Å². The first kappa shape index (κ1) is 11.3. The molecule has 80 valence electrons. The molecule has 0 fully saturated rings. The predicted molar refractivity (Wildman–Crippen MR) is 58.4 cm³/mol. The minimum absolute atomic E-state index is 0.163. The van der Waals surface area contributed by atoms with Crippen LogP contribution in [0.4, 0.5) is 0 Å². The molecule has 0 bridgehead atoms. The van der Waals surface area contributed by atoms with E-state index in [9.17, 15) is 4.79 Å². The lowest BCUT2D eigenvalue weighted by Crippen LogP contribution is -2.32. The molecule has 0 aromatic carbocycles. The second kappa shape index (κ2) is 4.18. The topological polar surface area (TPSA) is 46.9 Å². The largest absolute Gasteiger partial charge is 0.339 e. The number of amides is 1. The second-order valence-corrected chi connectivity index (χ2v) is 3.53. The number of carbonyl (C=O) groups excluding carboxylic acids is 1. The fraction of sp³-hybridized carbons (Fsp3) is 0.455. The van der Waals surface area contributed by atoms with Gasteiger partial charge in [-0.2, -0.15) is 5.10 Å². The molecule has 0 aliphatic rings. The smallest absolute Gasteiger partial charge is 0.255 e. The van der Waals surface area contributed by atoms with Crippen molar-refractivity contribution in [3.8, 4) is 12.3 Å². The zero-order valence-electron chi connectivity index (χ0n) is 9.46. The molecule has 0 aliphatic carbocycles. The van der Waals surface area contributed by atoms with Gasteiger partial charge in [0.2, 0.25) is 0 Å². The molecule has 0 saturated carbocycles. The zero-order valence-corrected chi connectivity index (χ0v) is 9.46. The van der Waals surface area contributed by atoms with Gasteiger partial charge >= 0.3 is 0 Å². The normalized spacial score (nSPS) is 11.9. The number of hydrogen-bond donors (Lipinski definition) is 1. The third kappa shape index (κ3) is 2.18. The Hall–Kier alpha value is -1.76. The van der Waals surface area contributed by atoms with Crippen LogP contribution in [0.25, 0.3) is 0 Å². The maximum atomic E-state index is 11.8. The van der Waals surface area contributed by atoms with Crippen molar-refractivity contribution in [3.63, 3.8) is 0 Å². The van der Waals surface area contributed by atoms with Crippen molar-refractivity contribution < 1.29 is 4.79 Å². The fourth-order valence-corrected chi connectivity index (χ4v) is 1.41. The van der Waals surface area contributed by atoms with Crippen molar-refractivity contribution in [1.29, 1.82) is 0 Å². The second-order valence-electron chi connectivity index (χ2n) is 3.53. The molecule has 1 atom stereocenters. The van der Waals surface area contributed by atoms with E-state index in [1.165, 1.54) is 0 Å². The molecule has 1 aromatic rings. The van der Waals surface area contributed by atoms with Gasteiger partial charge < -0.3 is 5.32 Å². The maximum absolute atomic E-state index is 11.8. The van der Waals surface area contributed by atoms with Crippen molar-refractivity contribution in [2.24, 2.45) is 7.05 Å². The average molecular weight is 205 g/mol. The predicted octanol–water partition coefficient (Wildman–Crippen LogP) is 0.788. The molecular formula is C11H15N3O. The summed E-state index contributed by atoms with van der Waals surface area (Å²) in [6, 6.07) is -0.267. The van der Waals surface area contributed by atoms with Crippen molar-refractivity contribution >= 4 is 5.91 Å². The molecular weight excluding hydrogens is 190 g/mol. The minimum atomic E-state index is -0.267. The van der Waals surface area contributed by atoms with Crippen LogP contribution in [0.5, 0.6) is 0 Å². The van der Waals surface area contributed by atoms with Gasteiger partial charge in [-0.3, -0.25) is 9.48 Å². The zero-order chi connectivity index (χ0) is 11.6. The van der Waals surface area contributed by atoms with E-state index >= 15 is 0 Å². The lowest BCUT2D eigenvalue weighted by atomic mass is 10.1. The van der Waals surface area contributed by atoms with E-state index in [4.69, 9.17) is 6.42 Å². The van der Waals surface area contributed by atoms with E-state index < -0.39 is 0 Å². The Morgan fingerprint density at radius 1 is 1.60 bits per heavy atom. The highest BCUT2D eigenvalue weighted by Gasteiger charge is 2.17. The first-order valence-electron chi connectivity index (χ1n) is 4.74. The van der Waals surface area contributed by atoms with Gasteiger partial charge in [0.25, 0.3) is 5.91 Å². The summed E-state index contributed by atoms with van der Waals surface area (Å²) < 4.78 is 1.69. The van der Waals surface area contributed by atoms with Gasteiger partial charge in [-0.05, 0) is 20.8 Å². The van der Waals surface area contributed by atoms with E-state index in [-0.39, 0.29) is 11.9 Å². The first-order valence-corrected chi connectivity index (χ1v) is 4.74. The Kier molecular flexibility index (Phi) is 3.15. The van der Waals surface area contributed by atoms with Crippen LogP contribution in [0.15, 0.2) is 0 Å². The summed E-state index contributed by atoms with van der Waals surface area (Å²) in [5.74, 6) is 2.29. The lowest BCUT2D eigenvalue weighted by molar-refractivity contribution is 0.0947.